The van der Waals surface area contributed by atoms with Crippen LogP contribution in [0.1, 0.15) is 58.9 Å². The number of aromatic carboxylic acids is 1. The molecule has 1 saturated carbocycles. The zero-order valence-electron chi connectivity index (χ0n) is 25.3. The molecule has 0 atom stereocenters. The van der Waals surface area contributed by atoms with Crippen molar-refractivity contribution in [1.82, 2.24) is 5.32 Å². The van der Waals surface area contributed by atoms with Crippen molar-refractivity contribution in [2.45, 2.75) is 51.2 Å². The normalized spacial score (nSPS) is 15.7. The maximum absolute atomic E-state index is 12.7. The van der Waals surface area contributed by atoms with Crippen molar-refractivity contribution in [3.63, 3.8) is 0 Å². The summed E-state index contributed by atoms with van der Waals surface area (Å²) in [5.74, 6) is 0.278. The molecule has 1 fully saturated rings. The van der Waals surface area contributed by atoms with Gasteiger partial charge in [0.1, 0.15) is 17.2 Å². The summed E-state index contributed by atoms with van der Waals surface area (Å²) in [6, 6.07) is 27.7. The number of benzene rings is 4. The van der Waals surface area contributed by atoms with Crippen LogP contribution in [0.3, 0.4) is 0 Å². The minimum absolute atomic E-state index is 0.0364. The lowest BCUT2D eigenvalue weighted by atomic mass is 9.92. The number of nitrogens with one attached hydrogen (secondary N) is 3. The summed E-state index contributed by atoms with van der Waals surface area (Å²) in [7, 11) is 0. The van der Waals surface area contributed by atoms with Crippen LogP contribution in [0.25, 0.3) is 0 Å². The minimum Gasteiger partial charge on any atom is -0.490 e. The van der Waals surface area contributed by atoms with E-state index in [1.165, 1.54) is 13.0 Å². The fourth-order valence-corrected chi connectivity index (χ4v) is 5.25. The van der Waals surface area contributed by atoms with E-state index in [2.05, 4.69) is 16.0 Å². The van der Waals surface area contributed by atoms with Gasteiger partial charge in [0.2, 0.25) is 11.8 Å². The van der Waals surface area contributed by atoms with E-state index in [4.69, 9.17) is 9.47 Å². The summed E-state index contributed by atoms with van der Waals surface area (Å²) in [6.07, 6.45) is 3.41. The highest BCUT2D eigenvalue weighted by molar-refractivity contribution is 6.01. The molecule has 46 heavy (non-hydrogen) atoms. The molecule has 0 spiro atoms. The number of hydrogen-bond donors (Lipinski definition) is 4. The summed E-state index contributed by atoms with van der Waals surface area (Å²) in [4.78, 5) is 47.7. The van der Waals surface area contributed by atoms with E-state index in [0.29, 0.717) is 22.7 Å². The van der Waals surface area contributed by atoms with Crippen molar-refractivity contribution in [2.24, 2.45) is 0 Å². The Morgan fingerprint density at radius 1 is 0.739 bits per heavy atom. The average Bonchev–Trinajstić information content (AvgIpc) is 3.04. The first kappa shape index (κ1) is 31.8. The molecule has 0 heterocycles. The molecule has 1 aliphatic carbocycles. The van der Waals surface area contributed by atoms with Gasteiger partial charge in [0.05, 0.1) is 23.8 Å². The Hall–Kier alpha value is -5.64. The molecule has 0 radical (unpaired) electrons. The van der Waals surface area contributed by atoms with Crippen LogP contribution in [-0.2, 0) is 16.0 Å². The smallest absolute Gasteiger partial charge is 0.337 e. The summed E-state index contributed by atoms with van der Waals surface area (Å²) in [6.45, 7) is 1.44. The average molecular weight is 622 g/mol. The van der Waals surface area contributed by atoms with E-state index >= 15 is 0 Å². The molecule has 0 aromatic heterocycles. The van der Waals surface area contributed by atoms with Crippen molar-refractivity contribution in [1.29, 1.82) is 0 Å². The topological polar surface area (TPSA) is 143 Å². The van der Waals surface area contributed by atoms with E-state index in [1.807, 2.05) is 24.3 Å². The van der Waals surface area contributed by atoms with Crippen molar-refractivity contribution in [2.75, 3.05) is 10.6 Å². The summed E-state index contributed by atoms with van der Waals surface area (Å²) in [5.41, 5.74) is 2.25. The highest BCUT2D eigenvalue weighted by atomic mass is 16.5. The van der Waals surface area contributed by atoms with Gasteiger partial charge in [-0.25, -0.2) is 4.79 Å². The van der Waals surface area contributed by atoms with Gasteiger partial charge in [0, 0.05) is 24.2 Å². The third kappa shape index (κ3) is 8.95. The van der Waals surface area contributed by atoms with Gasteiger partial charge in [0.25, 0.3) is 5.91 Å². The molecular weight excluding hydrogens is 586 g/mol. The van der Waals surface area contributed by atoms with Gasteiger partial charge in [-0.15, -0.1) is 0 Å². The van der Waals surface area contributed by atoms with Crippen molar-refractivity contribution in [3.05, 3.63) is 114 Å². The van der Waals surface area contributed by atoms with Crippen LogP contribution in [0, 0.1) is 0 Å². The van der Waals surface area contributed by atoms with E-state index in [1.54, 1.807) is 66.7 Å². The Labute approximate surface area is 266 Å². The molecule has 0 unspecified atom stereocenters. The second kappa shape index (κ2) is 14.9. The standard InChI is InChI=1S/C36H35N3O7/c1-23(40)37-26-10-8-25(9-11-26)35(42)38-27-12-16-29(17-13-27)46-31-20-18-30(19-21-31)45-28-14-6-24(7-15-28)22-34(41)39-33-5-3-2-4-32(33)36(43)44/h2-11,14-15,18-21,27,29H,12-13,16-17,22H2,1H3,(H,37,40)(H,38,42)(H,39,41)(H,43,44). The van der Waals surface area contributed by atoms with Crippen LogP contribution in [0.15, 0.2) is 97.1 Å². The van der Waals surface area contributed by atoms with Crippen molar-refractivity contribution < 1.29 is 33.8 Å². The van der Waals surface area contributed by atoms with E-state index in [9.17, 15) is 24.3 Å². The van der Waals surface area contributed by atoms with Crippen LogP contribution in [0.5, 0.6) is 17.2 Å². The molecule has 1 aliphatic rings. The van der Waals surface area contributed by atoms with E-state index in [-0.39, 0.29) is 47.5 Å². The maximum atomic E-state index is 12.7. The highest BCUT2D eigenvalue weighted by Crippen LogP contribution is 2.28. The fraction of sp³-hybridized carbons (Fsp3) is 0.222. The summed E-state index contributed by atoms with van der Waals surface area (Å²) in [5, 5.41) is 17.8. The number of rotatable bonds is 11. The second-order valence-electron chi connectivity index (χ2n) is 11.1. The summed E-state index contributed by atoms with van der Waals surface area (Å²) < 4.78 is 12.1. The Morgan fingerprint density at radius 3 is 1.98 bits per heavy atom. The molecule has 4 N–H and O–H groups in total. The third-order valence-corrected chi connectivity index (χ3v) is 7.56. The van der Waals surface area contributed by atoms with Gasteiger partial charge in [-0.3, -0.25) is 14.4 Å². The number of carboxylic acid groups (broad SMARTS) is 1. The molecule has 10 nitrogen and oxygen atoms in total. The lowest BCUT2D eigenvalue weighted by molar-refractivity contribution is -0.116. The van der Waals surface area contributed by atoms with Gasteiger partial charge >= 0.3 is 5.97 Å². The first-order valence-electron chi connectivity index (χ1n) is 15.1. The molecule has 4 aromatic rings. The Morgan fingerprint density at radius 2 is 1.35 bits per heavy atom. The number of carboxylic acids is 1. The number of hydrogen-bond acceptors (Lipinski definition) is 6. The maximum Gasteiger partial charge on any atom is 0.337 e. The van der Waals surface area contributed by atoms with E-state index in [0.717, 1.165) is 37.0 Å². The molecule has 0 bridgehead atoms. The molecule has 4 aromatic carbocycles. The largest absolute Gasteiger partial charge is 0.490 e. The van der Waals surface area contributed by atoms with Crippen LogP contribution in [-0.4, -0.2) is 40.9 Å². The lowest BCUT2D eigenvalue weighted by Crippen LogP contribution is -2.39. The third-order valence-electron chi connectivity index (χ3n) is 7.56. The van der Waals surface area contributed by atoms with Crippen LogP contribution in [0.2, 0.25) is 0 Å². The Bertz CT molecular complexity index is 1680. The van der Waals surface area contributed by atoms with Gasteiger partial charge in [-0.1, -0.05) is 24.3 Å². The molecule has 3 amide bonds. The predicted octanol–water partition coefficient (Wildman–Crippen LogP) is 6.44. The Kier molecular flexibility index (Phi) is 10.3. The second-order valence-corrected chi connectivity index (χ2v) is 11.1. The number of amides is 3. The van der Waals surface area contributed by atoms with Crippen molar-refractivity contribution in [3.8, 4) is 17.2 Å². The number of ether oxygens (including phenoxy) is 2. The van der Waals surface area contributed by atoms with Crippen LogP contribution in [0.4, 0.5) is 11.4 Å². The number of carbonyl (C=O) groups is 4. The SMILES string of the molecule is CC(=O)Nc1ccc(C(=O)NC2CCC(Oc3ccc(Oc4ccc(CC(=O)Nc5ccccc5C(=O)O)cc4)cc3)CC2)cc1. The molecule has 236 valence electrons. The van der Waals surface area contributed by atoms with Gasteiger partial charge in [-0.2, -0.15) is 0 Å². The lowest BCUT2D eigenvalue weighted by Gasteiger charge is -2.29. The van der Waals surface area contributed by atoms with Gasteiger partial charge in [-0.05, 0) is 104 Å². The quantitative estimate of drug-likeness (QED) is 0.151. The number of carbonyl (C=O) groups excluding carboxylic acids is 3. The molecular formula is C36H35N3O7. The molecule has 10 heteroatoms. The number of para-hydroxylation sites is 1. The minimum atomic E-state index is -1.10. The van der Waals surface area contributed by atoms with Crippen molar-refractivity contribution >= 4 is 35.1 Å². The zero-order chi connectivity index (χ0) is 32.5. The van der Waals surface area contributed by atoms with Gasteiger partial charge < -0.3 is 30.5 Å². The molecule has 0 saturated heterocycles. The Balaban J connectivity index is 1.04. The fourth-order valence-electron chi connectivity index (χ4n) is 5.25. The van der Waals surface area contributed by atoms with Gasteiger partial charge in [0.15, 0.2) is 0 Å². The molecule has 5 rings (SSSR count). The first-order chi connectivity index (χ1) is 22.2. The van der Waals surface area contributed by atoms with Crippen LogP contribution < -0.4 is 25.4 Å². The zero-order valence-corrected chi connectivity index (χ0v) is 25.3. The number of anilines is 2. The first-order valence-corrected chi connectivity index (χ1v) is 15.1. The van der Waals surface area contributed by atoms with Crippen LogP contribution >= 0.6 is 0 Å². The van der Waals surface area contributed by atoms with E-state index < -0.39 is 5.97 Å². The highest BCUT2D eigenvalue weighted by Gasteiger charge is 2.24. The predicted molar refractivity (Wildman–Crippen MR) is 174 cm³/mol. The summed E-state index contributed by atoms with van der Waals surface area (Å²) >= 11 is 0. The molecule has 0 aliphatic heterocycles. The monoisotopic (exact) mass is 621 g/mol.